The number of fused-ring (bicyclic) bond motifs is 2. The number of H-pyrrole nitrogens is 1. The second-order valence-corrected chi connectivity index (χ2v) is 6.83. The fourth-order valence-corrected chi connectivity index (χ4v) is 3.63. The summed E-state index contributed by atoms with van der Waals surface area (Å²) >= 11 is 0. The molecule has 30 heavy (non-hydrogen) atoms. The van der Waals surface area contributed by atoms with E-state index in [0.29, 0.717) is 41.0 Å². The van der Waals surface area contributed by atoms with Crippen LogP contribution in [0.3, 0.4) is 0 Å². The summed E-state index contributed by atoms with van der Waals surface area (Å²) < 4.78 is 27.9. The topological polar surface area (TPSA) is 79.4 Å². The second kappa shape index (κ2) is 7.47. The van der Waals surface area contributed by atoms with E-state index in [-0.39, 0.29) is 0 Å². The summed E-state index contributed by atoms with van der Waals surface area (Å²) in [7, 11) is 0. The predicted octanol–water partition coefficient (Wildman–Crippen LogP) is 4.50. The van der Waals surface area contributed by atoms with Gasteiger partial charge >= 0.3 is 0 Å². The van der Waals surface area contributed by atoms with E-state index in [4.69, 9.17) is 0 Å². The predicted molar refractivity (Wildman–Crippen MR) is 111 cm³/mol. The average Bonchev–Trinajstić information content (AvgIpc) is 3.22. The Balaban J connectivity index is 1.51. The van der Waals surface area contributed by atoms with E-state index in [1.807, 2.05) is 24.3 Å². The smallest absolute Gasteiger partial charge is 0.162 e. The molecule has 0 unspecified atom stereocenters. The Morgan fingerprint density at radius 3 is 2.63 bits per heavy atom. The zero-order chi connectivity index (χ0) is 20.5. The molecule has 3 heterocycles. The van der Waals surface area contributed by atoms with Crippen LogP contribution in [0.4, 0.5) is 14.6 Å². The number of rotatable bonds is 5. The lowest BCUT2D eigenvalue weighted by Gasteiger charge is -2.14. The maximum Gasteiger partial charge on any atom is 0.162 e. The molecule has 5 rings (SSSR count). The van der Waals surface area contributed by atoms with Crippen LogP contribution in [-0.2, 0) is 6.42 Å². The van der Waals surface area contributed by atoms with Gasteiger partial charge < -0.3 is 10.3 Å². The standard InChI is InChI=1S/C22H16F2N6/c23-16-8-15(9-17(24)10-16)18-13(3-4-14-2-1-6-25-19(14)18)5-7-26-21-20-22(28-11-27-20)30-12-29-21/h1-4,6,8-12H,5,7H2,(H2,26,27,28,29,30). The SMILES string of the molecule is Fc1cc(F)cc(-c2c(CCNc3ncnc4[nH]cnc34)ccc3cccnc23)c1. The van der Waals surface area contributed by atoms with Crippen molar-refractivity contribution in [2.24, 2.45) is 0 Å². The molecule has 5 aromatic rings. The van der Waals surface area contributed by atoms with Crippen LogP contribution in [0.5, 0.6) is 0 Å². The van der Waals surface area contributed by atoms with Gasteiger partial charge in [-0.25, -0.2) is 23.7 Å². The molecule has 0 aliphatic rings. The van der Waals surface area contributed by atoms with Crippen molar-refractivity contribution in [2.45, 2.75) is 6.42 Å². The van der Waals surface area contributed by atoms with Gasteiger partial charge in [0.05, 0.1) is 11.8 Å². The van der Waals surface area contributed by atoms with Crippen LogP contribution in [0.15, 0.2) is 61.3 Å². The molecule has 8 heteroatoms. The third-order valence-electron chi connectivity index (χ3n) is 4.92. The summed E-state index contributed by atoms with van der Waals surface area (Å²) in [5, 5.41) is 4.18. The Bertz CT molecular complexity index is 1340. The van der Waals surface area contributed by atoms with Crippen molar-refractivity contribution >= 4 is 27.9 Å². The van der Waals surface area contributed by atoms with Gasteiger partial charge in [-0.15, -0.1) is 0 Å². The quantitative estimate of drug-likeness (QED) is 0.453. The minimum Gasteiger partial charge on any atom is -0.368 e. The Morgan fingerprint density at radius 1 is 0.900 bits per heavy atom. The van der Waals surface area contributed by atoms with E-state index in [9.17, 15) is 8.78 Å². The summed E-state index contributed by atoms with van der Waals surface area (Å²) in [4.78, 5) is 20.0. The van der Waals surface area contributed by atoms with Crippen LogP contribution in [0.25, 0.3) is 33.2 Å². The van der Waals surface area contributed by atoms with Gasteiger partial charge in [0.2, 0.25) is 0 Å². The van der Waals surface area contributed by atoms with Crippen molar-refractivity contribution in [3.05, 3.63) is 78.5 Å². The van der Waals surface area contributed by atoms with Crippen molar-refractivity contribution in [3.8, 4) is 11.1 Å². The Kier molecular flexibility index (Phi) is 4.51. The van der Waals surface area contributed by atoms with Gasteiger partial charge in [0.25, 0.3) is 0 Å². The van der Waals surface area contributed by atoms with Gasteiger partial charge in [-0.05, 0) is 35.7 Å². The molecule has 0 aliphatic carbocycles. The molecular formula is C22H16F2N6. The maximum atomic E-state index is 13.9. The molecule has 2 N–H and O–H groups in total. The Hall–Kier alpha value is -3.94. The Morgan fingerprint density at radius 2 is 1.77 bits per heavy atom. The van der Waals surface area contributed by atoms with Gasteiger partial charge in [0, 0.05) is 29.8 Å². The number of imidazole rings is 1. The van der Waals surface area contributed by atoms with Gasteiger partial charge in [0.1, 0.15) is 23.5 Å². The highest BCUT2D eigenvalue weighted by atomic mass is 19.1. The van der Waals surface area contributed by atoms with E-state index in [2.05, 4.69) is 30.2 Å². The number of nitrogens with one attached hydrogen (secondary N) is 2. The molecule has 6 nitrogen and oxygen atoms in total. The largest absolute Gasteiger partial charge is 0.368 e. The molecule has 0 aliphatic heterocycles. The van der Waals surface area contributed by atoms with Crippen molar-refractivity contribution < 1.29 is 8.78 Å². The van der Waals surface area contributed by atoms with E-state index in [1.165, 1.54) is 18.5 Å². The first-order valence-corrected chi connectivity index (χ1v) is 9.40. The van der Waals surface area contributed by atoms with Crippen molar-refractivity contribution in [1.82, 2.24) is 24.9 Å². The number of hydrogen-bond acceptors (Lipinski definition) is 5. The average molecular weight is 402 g/mol. The number of halogens is 2. The number of aromatic nitrogens is 5. The van der Waals surface area contributed by atoms with Gasteiger partial charge in [0.15, 0.2) is 11.5 Å². The zero-order valence-electron chi connectivity index (χ0n) is 15.7. The summed E-state index contributed by atoms with van der Waals surface area (Å²) in [6, 6.07) is 11.2. The van der Waals surface area contributed by atoms with E-state index >= 15 is 0 Å². The molecule has 0 fully saturated rings. The number of anilines is 1. The minimum absolute atomic E-state index is 0.462. The van der Waals surface area contributed by atoms with Crippen LogP contribution in [-0.4, -0.2) is 31.5 Å². The number of aromatic amines is 1. The van der Waals surface area contributed by atoms with Crippen molar-refractivity contribution in [3.63, 3.8) is 0 Å². The molecular weight excluding hydrogens is 386 g/mol. The van der Waals surface area contributed by atoms with Crippen LogP contribution in [0, 0.1) is 11.6 Å². The van der Waals surface area contributed by atoms with Crippen molar-refractivity contribution in [1.29, 1.82) is 0 Å². The number of pyridine rings is 1. The molecule has 0 atom stereocenters. The lowest BCUT2D eigenvalue weighted by Crippen LogP contribution is -2.08. The molecule has 0 spiro atoms. The van der Waals surface area contributed by atoms with Gasteiger partial charge in [-0.3, -0.25) is 4.98 Å². The fraction of sp³-hybridized carbons (Fsp3) is 0.0909. The monoisotopic (exact) mass is 402 g/mol. The zero-order valence-corrected chi connectivity index (χ0v) is 15.7. The maximum absolute atomic E-state index is 13.9. The van der Waals surface area contributed by atoms with Gasteiger partial charge in [-0.2, -0.15) is 0 Å². The van der Waals surface area contributed by atoms with Crippen LogP contribution < -0.4 is 5.32 Å². The molecule has 0 bridgehead atoms. The van der Waals surface area contributed by atoms with E-state index in [1.54, 1.807) is 12.5 Å². The first kappa shape index (κ1) is 18.1. The summed E-state index contributed by atoms with van der Waals surface area (Å²) in [6.07, 6.45) is 5.30. The molecule has 148 valence electrons. The summed E-state index contributed by atoms with van der Waals surface area (Å²) in [6.45, 7) is 0.544. The molecule has 0 amide bonds. The highest BCUT2D eigenvalue weighted by Gasteiger charge is 2.14. The summed E-state index contributed by atoms with van der Waals surface area (Å²) in [5.74, 6) is -0.619. The fourth-order valence-electron chi connectivity index (χ4n) is 3.63. The molecule has 3 aromatic heterocycles. The lowest BCUT2D eigenvalue weighted by molar-refractivity contribution is 0.584. The van der Waals surface area contributed by atoms with E-state index in [0.717, 1.165) is 22.6 Å². The van der Waals surface area contributed by atoms with Crippen molar-refractivity contribution in [2.75, 3.05) is 11.9 Å². The third kappa shape index (κ3) is 3.32. The van der Waals surface area contributed by atoms with Gasteiger partial charge in [-0.1, -0.05) is 18.2 Å². The normalized spacial score (nSPS) is 11.3. The van der Waals surface area contributed by atoms with Crippen LogP contribution >= 0.6 is 0 Å². The molecule has 0 saturated carbocycles. The Labute approximate surface area is 170 Å². The number of hydrogen-bond donors (Lipinski definition) is 2. The second-order valence-electron chi connectivity index (χ2n) is 6.83. The first-order chi connectivity index (χ1) is 14.7. The highest BCUT2D eigenvalue weighted by Crippen LogP contribution is 2.32. The summed E-state index contributed by atoms with van der Waals surface area (Å²) in [5.41, 5.74) is 4.12. The van der Waals surface area contributed by atoms with Crippen LogP contribution in [0.1, 0.15) is 5.56 Å². The molecule has 2 aromatic carbocycles. The molecule has 0 radical (unpaired) electrons. The van der Waals surface area contributed by atoms with E-state index < -0.39 is 11.6 Å². The van der Waals surface area contributed by atoms with Crippen LogP contribution in [0.2, 0.25) is 0 Å². The first-order valence-electron chi connectivity index (χ1n) is 9.40. The lowest BCUT2D eigenvalue weighted by atomic mass is 9.94. The minimum atomic E-state index is -0.621. The number of nitrogens with zero attached hydrogens (tertiary/aromatic N) is 4. The molecule has 0 saturated heterocycles. The number of benzene rings is 2. The third-order valence-corrected chi connectivity index (χ3v) is 4.92. The highest BCUT2D eigenvalue weighted by molar-refractivity contribution is 5.95.